The van der Waals surface area contributed by atoms with Crippen molar-refractivity contribution in [2.75, 3.05) is 5.32 Å². The summed E-state index contributed by atoms with van der Waals surface area (Å²) in [6, 6.07) is 11.3. The lowest BCUT2D eigenvalue weighted by molar-refractivity contribution is 1.13. The van der Waals surface area contributed by atoms with E-state index in [1.165, 1.54) is 0 Å². The second-order valence-electron chi connectivity index (χ2n) is 3.71. The number of rotatable bonds is 3. The molecular weight excluding hydrogens is 401 g/mol. The molecule has 0 aliphatic heterocycles. The first-order chi connectivity index (χ1) is 8.56. The van der Waals surface area contributed by atoms with Gasteiger partial charge in [0.2, 0.25) is 0 Å². The average molecular weight is 410 g/mol. The van der Waals surface area contributed by atoms with Crippen molar-refractivity contribution in [3.8, 4) is 0 Å². The maximum atomic E-state index is 5.98. The fraction of sp³-hybridized carbons (Fsp3) is 0.0769. The van der Waals surface area contributed by atoms with E-state index in [0.717, 1.165) is 25.2 Å². The minimum Gasteiger partial charge on any atom is -0.380 e. The Hall–Kier alpha value is -0.220. The van der Waals surface area contributed by atoms with Crippen molar-refractivity contribution in [1.29, 1.82) is 0 Å². The predicted molar refractivity (Wildman–Crippen MR) is 85.6 cm³/mol. The first-order valence-electron chi connectivity index (χ1n) is 5.19. The lowest BCUT2D eigenvalue weighted by Gasteiger charge is -2.10. The van der Waals surface area contributed by atoms with Crippen LogP contribution in [0, 0.1) is 0 Å². The SMILES string of the molecule is Clc1ccc(Br)c(CNc2cc(Cl)ccc2Br)c1. The lowest BCUT2D eigenvalue weighted by Crippen LogP contribution is -2.00. The fourth-order valence-corrected chi connectivity index (χ4v) is 2.64. The Morgan fingerprint density at radius 3 is 2.22 bits per heavy atom. The summed E-state index contributed by atoms with van der Waals surface area (Å²) in [6.07, 6.45) is 0. The van der Waals surface area contributed by atoms with Crippen LogP contribution in [-0.2, 0) is 6.54 Å². The molecule has 0 spiro atoms. The van der Waals surface area contributed by atoms with Gasteiger partial charge < -0.3 is 5.32 Å². The zero-order valence-corrected chi connectivity index (χ0v) is 13.9. The number of hydrogen-bond donors (Lipinski definition) is 1. The molecular formula is C13H9Br2Cl2N. The zero-order chi connectivity index (χ0) is 13.1. The zero-order valence-electron chi connectivity index (χ0n) is 9.18. The Morgan fingerprint density at radius 1 is 0.889 bits per heavy atom. The molecule has 5 heteroatoms. The lowest BCUT2D eigenvalue weighted by atomic mass is 10.2. The number of nitrogens with one attached hydrogen (secondary N) is 1. The Balaban J connectivity index is 2.16. The maximum absolute atomic E-state index is 5.98. The molecule has 1 nitrogen and oxygen atoms in total. The smallest absolute Gasteiger partial charge is 0.0502 e. The predicted octanol–water partition coefficient (Wildman–Crippen LogP) is 6.13. The van der Waals surface area contributed by atoms with Crippen LogP contribution in [0.1, 0.15) is 5.56 Å². The molecule has 0 saturated carbocycles. The second-order valence-corrected chi connectivity index (χ2v) is 6.29. The van der Waals surface area contributed by atoms with Gasteiger partial charge in [0.05, 0.1) is 5.69 Å². The van der Waals surface area contributed by atoms with E-state index in [-0.39, 0.29) is 0 Å². The number of halogens is 4. The molecule has 18 heavy (non-hydrogen) atoms. The molecule has 0 fully saturated rings. The van der Waals surface area contributed by atoms with E-state index in [1.807, 2.05) is 36.4 Å². The molecule has 1 N–H and O–H groups in total. The van der Waals surface area contributed by atoms with Crippen LogP contribution in [-0.4, -0.2) is 0 Å². The van der Waals surface area contributed by atoms with E-state index in [9.17, 15) is 0 Å². The highest BCUT2D eigenvalue weighted by molar-refractivity contribution is 9.10. The van der Waals surface area contributed by atoms with E-state index in [2.05, 4.69) is 37.2 Å². The standard InChI is InChI=1S/C13H9Br2Cl2N/c14-11-3-1-9(16)5-8(11)7-18-13-6-10(17)2-4-12(13)15/h1-6,18H,7H2. The highest BCUT2D eigenvalue weighted by atomic mass is 79.9. The van der Waals surface area contributed by atoms with Gasteiger partial charge in [-0.3, -0.25) is 0 Å². The minimum absolute atomic E-state index is 0.667. The van der Waals surface area contributed by atoms with Crippen LogP contribution in [0.25, 0.3) is 0 Å². The van der Waals surface area contributed by atoms with Crippen molar-refractivity contribution in [1.82, 2.24) is 0 Å². The largest absolute Gasteiger partial charge is 0.380 e. The van der Waals surface area contributed by atoms with Gasteiger partial charge in [-0.05, 0) is 57.9 Å². The topological polar surface area (TPSA) is 12.0 Å². The van der Waals surface area contributed by atoms with Crippen LogP contribution in [0.4, 0.5) is 5.69 Å². The number of anilines is 1. The molecule has 0 unspecified atom stereocenters. The molecule has 2 aromatic rings. The van der Waals surface area contributed by atoms with Gasteiger partial charge in [0.1, 0.15) is 0 Å². The van der Waals surface area contributed by atoms with Crippen LogP contribution >= 0.6 is 55.1 Å². The van der Waals surface area contributed by atoms with Gasteiger partial charge in [-0.2, -0.15) is 0 Å². The van der Waals surface area contributed by atoms with Crippen LogP contribution < -0.4 is 5.32 Å². The van der Waals surface area contributed by atoms with Gasteiger partial charge in [0.25, 0.3) is 0 Å². The molecule has 2 rings (SSSR count). The van der Waals surface area contributed by atoms with E-state index in [4.69, 9.17) is 23.2 Å². The molecule has 0 bridgehead atoms. The second kappa shape index (κ2) is 6.29. The van der Waals surface area contributed by atoms with Gasteiger partial charge in [0, 0.05) is 25.5 Å². The van der Waals surface area contributed by atoms with Crippen LogP contribution in [0.3, 0.4) is 0 Å². The summed E-state index contributed by atoms with van der Waals surface area (Å²) in [5.41, 5.74) is 2.05. The van der Waals surface area contributed by atoms with Crippen molar-refractivity contribution in [2.24, 2.45) is 0 Å². The first-order valence-corrected chi connectivity index (χ1v) is 7.53. The Bertz CT molecular complexity index is 521. The summed E-state index contributed by atoms with van der Waals surface area (Å²) < 4.78 is 2.00. The van der Waals surface area contributed by atoms with E-state index >= 15 is 0 Å². The van der Waals surface area contributed by atoms with Crippen LogP contribution in [0.2, 0.25) is 10.0 Å². The summed E-state index contributed by atoms with van der Waals surface area (Å²) in [7, 11) is 0. The van der Waals surface area contributed by atoms with E-state index in [0.29, 0.717) is 11.6 Å². The van der Waals surface area contributed by atoms with Crippen LogP contribution in [0.5, 0.6) is 0 Å². The highest BCUT2D eigenvalue weighted by Gasteiger charge is 2.04. The van der Waals surface area contributed by atoms with Gasteiger partial charge in [-0.15, -0.1) is 0 Å². The number of hydrogen-bond acceptors (Lipinski definition) is 1. The Kier molecular flexibility index (Phi) is 4.96. The van der Waals surface area contributed by atoms with Crippen molar-refractivity contribution in [2.45, 2.75) is 6.54 Å². The monoisotopic (exact) mass is 407 g/mol. The third kappa shape index (κ3) is 3.64. The summed E-state index contributed by atoms with van der Waals surface area (Å²) in [5.74, 6) is 0. The summed E-state index contributed by atoms with van der Waals surface area (Å²) in [6.45, 7) is 0.667. The van der Waals surface area contributed by atoms with Gasteiger partial charge >= 0.3 is 0 Å². The Morgan fingerprint density at radius 2 is 1.50 bits per heavy atom. The Labute approximate surface area is 133 Å². The third-order valence-corrected chi connectivity index (χ3v) is 4.34. The van der Waals surface area contributed by atoms with Crippen molar-refractivity contribution in [3.05, 3.63) is 61.0 Å². The molecule has 0 aliphatic rings. The molecule has 0 amide bonds. The highest BCUT2D eigenvalue weighted by Crippen LogP contribution is 2.28. The first kappa shape index (κ1) is 14.2. The van der Waals surface area contributed by atoms with Gasteiger partial charge in [0.15, 0.2) is 0 Å². The molecule has 0 heterocycles. The molecule has 2 aromatic carbocycles. The van der Waals surface area contributed by atoms with E-state index < -0.39 is 0 Å². The van der Waals surface area contributed by atoms with Gasteiger partial charge in [-0.25, -0.2) is 0 Å². The molecule has 0 radical (unpaired) electrons. The molecule has 94 valence electrons. The third-order valence-electron chi connectivity index (χ3n) is 2.41. The molecule has 0 aromatic heterocycles. The quantitative estimate of drug-likeness (QED) is 0.642. The van der Waals surface area contributed by atoms with Crippen LogP contribution in [0.15, 0.2) is 45.3 Å². The molecule has 0 aliphatic carbocycles. The summed E-state index contributed by atoms with van der Waals surface area (Å²) in [4.78, 5) is 0. The summed E-state index contributed by atoms with van der Waals surface area (Å²) in [5, 5.41) is 4.74. The molecule has 0 atom stereocenters. The number of benzene rings is 2. The van der Waals surface area contributed by atoms with Crippen molar-refractivity contribution in [3.63, 3.8) is 0 Å². The fourth-order valence-electron chi connectivity index (χ4n) is 1.50. The summed E-state index contributed by atoms with van der Waals surface area (Å²) >= 11 is 18.9. The maximum Gasteiger partial charge on any atom is 0.0502 e. The van der Waals surface area contributed by atoms with Crippen molar-refractivity contribution < 1.29 is 0 Å². The van der Waals surface area contributed by atoms with E-state index in [1.54, 1.807) is 0 Å². The molecule has 0 saturated heterocycles. The van der Waals surface area contributed by atoms with Crippen molar-refractivity contribution >= 4 is 60.7 Å². The van der Waals surface area contributed by atoms with Gasteiger partial charge in [-0.1, -0.05) is 39.1 Å². The minimum atomic E-state index is 0.667. The normalized spacial score (nSPS) is 10.4. The average Bonchev–Trinajstić information content (AvgIpc) is 2.34.